The first-order valence-corrected chi connectivity index (χ1v) is 11.3. The third-order valence-corrected chi connectivity index (χ3v) is 7.09. The van der Waals surface area contributed by atoms with E-state index in [9.17, 15) is 9.90 Å². The van der Waals surface area contributed by atoms with Crippen LogP contribution in [0, 0.1) is 0 Å². The van der Waals surface area contributed by atoms with Gasteiger partial charge >= 0.3 is 0 Å². The van der Waals surface area contributed by atoms with E-state index in [1.165, 1.54) is 4.90 Å². The molecule has 0 amide bonds. The average Bonchev–Trinajstić information content (AvgIpc) is 2.98. The summed E-state index contributed by atoms with van der Waals surface area (Å²) in [5.41, 5.74) is 4.34. The molecule has 0 aliphatic carbocycles. The number of ether oxygens (including phenoxy) is 1. The second-order valence-corrected chi connectivity index (χ2v) is 8.85. The van der Waals surface area contributed by atoms with Crippen molar-refractivity contribution in [1.82, 2.24) is 4.57 Å². The Bertz CT molecular complexity index is 1110. The van der Waals surface area contributed by atoms with E-state index in [0.29, 0.717) is 12.0 Å². The van der Waals surface area contributed by atoms with Crippen LogP contribution in [0.15, 0.2) is 52.2 Å². The molecule has 158 valence electrons. The third-order valence-electron chi connectivity index (χ3n) is 5.96. The lowest BCUT2D eigenvalue weighted by Crippen LogP contribution is -2.35. The van der Waals surface area contributed by atoms with Crippen LogP contribution in [0.2, 0.25) is 0 Å². The quantitative estimate of drug-likeness (QED) is 0.673. The summed E-state index contributed by atoms with van der Waals surface area (Å²) in [7, 11) is 3.54. The normalized spacial score (nSPS) is 15.1. The lowest BCUT2D eigenvalue weighted by Gasteiger charge is -2.30. The smallest absolute Gasteiger partial charge is 0.254 e. The van der Waals surface area contributed by atoms with Gasteiger partial charge in [-0.1, -0.05) is 30.3 Å². The summed E-state index contributed by atoms with van der Waals surface area (Å²) in [6.07, 6.45) is 1.52. The fourth-order valence-electron chi connectivity index (χ4n) is 4.23. The number of anilines is 1. The summed E-state index contributed by atoms with van der Waals surface area (Å²) in [6.45, 7) is 2.80. The standard InChI is InChI=1S/C24H28N2O3S/c1-16(29-3)26-10-7-11-30-23-13-18-20(15-27)19(12-17-8-5-4-6-9-17)24(28)25(2)21(18)14-22(23)26/h4-6,8-9,13-14,16,27H,7,10-12,15H2,1-3H3. The van der Waals surface area contributed by atoms with E-state index in [1.54, 1.807) is 11.7 Å². The summed E-state index contributed by atoms with van der Waals surface area (Å²) in [6, 6.07) is 14.2. The van der Waals surface area contributed by atoms with Gasteiger partial charge < -0.3 is 19.3 Å². The van der Waals surface area contributed by atoms with E-state index in [-0.39, 0.29) is 18.4 Å². The minimum Gasteiger partial charge on any atom is -0.392 e. The van der Waals surface area contributed by atoms with Gasteiger partial charge in [0.15, 0.2) is 0 Å². The van der Waals surface area contributed by atoms with E-state index in [2.05, 4.69) is 17.0 Å². The number of aryl methyl sites for hydroxylation is 1. The SMILES string of the molecule is COC(C)N1CCCSc2cc3c(CO)c(Cc4ccccc4)c(=O)n(C)c3cc21. The van der Waals surface area contributed by atoms with E-state index in [4.69, 9.17) is 4.74 Å². The highest BCUT2D eigenvalue weighted by molar-refractivity contribution is 7.99. The molecule has 1 aliphatic heterocycles. The number of fused-ring (bicyclic) bond motifs is 2. The molecule has 2 heterocycles. The maximum Gasteiger partial charge on any atom is 0.254 e. The molecule has 4 rings (SSSR count). The monoisotopic (exact) mass is 424 g/mol. The molecule has 1 N–H and O–H groups in total. The van der Waals surface area contributed by atoms with Crippen molar-refractivity contribution in [3.05, 3.63) is 69.5 Å². The molecular weight excluding hydrogens is 396 g/mol. The third kappa shape index (κ3) is 3.75. The van der Waals surface area contributed by atoms with Crippen LogP contribution >= 0.6 is 11.8 Å². The van der Waals surface area contributed by atoms with E-state index in [1.807, 2.05) is 56.1 Å². The Balaban J connectivity index is 1.94. The molecule has 0 fully saturated rings. The van der Waals surface area contributed by atoms with Crippen molar-refractivity contribution in [2.24, 2.45) is 7.05 Å². The first-order valence-electron chi connectivity index (χ1n) is 10.3. The number of aliphatic hydroxyl groups excluding tert-OH is 1. The van der Waals surface area contributed by atoms with E-state index in [0.717, 1.165) is 46.4 Å². The number of benzene rings is 2. The predicted octanol–water partition coefficient (Wildman–Crippen LogP) is 3.92. The largest absolute Gasteiger partial charge is 0.392 e. The number of thioether (sulfide) groups is 1. The molecule has 0 bridgehead atoms. The number of hydrogen-bond donors (Lipinski definition) is 1. The summed E-state index contributed by atoms with van der Waals surface area (Å²) >= 11 is 1.83. The molecule has 0 spiro atoms. The fourth-order valence-corrected chi connectivity index (χ4v) is 5.24. The summed E-state index contributed by atoms with van der Waals surface area (Å²) in [5.74, 6) is 1.03. The van der Waals surface area contributed by atoms with Crippen LogP contribution in [0.5, 0.6) is 0 Å². The molecule has 1 unspecified atom stereocenters. The zero-order chi connectivity index (χ0) is 21.3. The molecule has 2 aromatic carbocycles. The van der Waals surface area contributed by atoms with Gasteiger partial charge in [-0.2, -0.15) is 0 Å². The molecule has 3 aromatic rings. The molecule has 0 radical (unpaired) electrons. The molecule has 1 atom stereocenters. The zero-order valence-corrected chi connectivity index (χ0v) is 18.5. The Morgan fingerprint density at radius 2 is 1.97 bits per heavy atom. The minimum atomic E-state index is -0.156. The highest BCUT2D eigenvalue weighted by atomic mass is 32.2. The van der Waals surface area contributed by atoms with Crippen molar-refractivity contribution in [3.63, 3.8) is 0 Å². The minimum absolute atomic E-state index is 0.0494. The number of aromatic nitrogens is 1. The molecule has 1 aromatic heterocycles. The molecule has 1 aliphatic rings. The zero-order valence-electron chi connectivity index (χ0n) is 17.7. The summed E-state index contributed by atoms with van der Waals surface area (Å²) in [4.78, 5) is 16.7. The van der Waals surface area contributed by atoms with Crippen molar-refractivity contribution in [2.75, 3.05) is 24.3 Å². The number of aliphatic hydroxyl groups is 1. The van der Waals surface area contributed by atoms with Gasteiger partial charge in [-0.05, 0) is 42.4 Å². The number of methoxy groups -OCH3 is 1. The second-order valence-electron chi connectivity index (χ2n) is 7.71. The molecular formula is C24H28N2O3S. The highest BCUT2D eigenvalue weighted by Gasteiger charge is 2.23. The van der Waals surface area contributed by atoms with Crippen molar-refractivity contribution < 1.29 is 9.84 Å². The van der Waals surface area contributed by atoms with Crippen LogP contribution < -0.4 is 10.5 Å². The van der Waals surface area contributed by atoms with Crippen LogP contribution in [0.25, 0.3) is 10.9 Å². The Labute approximate surface area is 181 Å². The lowest BCUT2D eigenvalue weighted by molar-refractivity contribution is 0.114. The van der Waals surface area contributed by atoms with Crippen LogP contribution in [0.1, 0.15) is 30.0 Å². The van der Waals surface area contributed by atoms with Crippen LogP contribution in [-0.4, -0.2) is 35.3 Å². The van der Waals surface area contributed by atoms with Gasteiger partial charge in [-0.25, -0.2) is 0 Å². The Morgan fingerprint density at radius 1 is 1.20 bits per heavy atom. The van der Waals surface area contributed by atoms with Crippen molar-refractivity contribution in [2.45, 2.75) is 37.5 Å². The van der Waals surface area contributed by atoms with Gasteiger partial charge in [0.1, 0.15) is 6.23 Å². The highest BCUT2D eigenvalue weighted by Crippen LogP contribution is 2.39. The second kappa shape index (κ2) is 8.84. The van der Waals surface area contributed by atoms with Crippen molar-refractivity contribution in [3.8, 4) is 0 Å². The van der Waals surface area contributed by atoms with E-state index >= 15 is 0 Å². The van der Waals surface area contributed by atoms with Gasteiger partial charge in [0.2, 0.25) is 0 Å². The molecule has 5 nitrogen and oxygen atoms in total. The first kappa shape index (κ1) is 21.0. The number of hydrogen-bond acceptors (Lipinski definition) is 5. The van der Waals surface area contributed by atoms with Gasteiger partial charge in [0.25, 0.3) is 5.56 Å². The maximum atomic E-state index is 13.3. The number of rotatable bonds is 5. The molecule has 0 saturated carbocycles. The van der Waals surface area contributed by atoms with Crippen molar-refractivity contribution in [1.29, 1.82) is 0 Å². The van der Waals surface area contributed by atoms with Crippen LogP contribution in [-0.2, 0) is 24.8 Å². The Hall–Kier alpha value is -2.28. The van der Waals surface area contributed by atoms with Gasteiger partial charge in [-0.15, -0.1) is 11.8 Å². The van der Waals surface area contributed by atoms with Gasteiger partial charge in [0, 0.05) is 43.0 Å². The molecule has 30 heavy (non-hydrogen) atoms. The number of nitrogens with zero attached hydrogens (tertiary/aromatic N) is 2. The van der Waals surface area contributed by atoms with Gasteiger partial charge in [-0.3, -0.25) is 4.79 Å². The predicted molar refractivity (Wildman–Crippen MR) is 124 cm³/mol. The molecule has 0 saturated heterocycles. The van der Waals surface area contributed by atoms with E-state index < -0.39 is 0 Å². The maximum absolute atomic E-state index is 13.3. The van der Waals surface area contributed by atoms with Gasteiger partial charge in [0.05, 0.1) is 17.8 Å². The lowest BCUT2D eigenvalue weighted by atomic mass is 9.97. The summed E-state index contributed by atoms with van der Waals surface area (Å²) in [5, 5.41) is 11.2. The Kier molecular flexibility index (Phi) is 6.18. The topological polar surface area (TPSA) is 54.7 Å². The van der Waals surface area contributed by atoms with Crippen LogP contribution in [0.4, 0.5) is 5.69 Å². The number of pyridine rings is 1. The Morgan fingerprint density at radius 3 is 2.67 bits per heavy atom. The average molecular weight is 425 g/mol. The fraction of sp³-hybridized carbons (Fsp3) is 0.375. The molecule has 6 heteroatoms. The van der Waals surface area contributed by atoms with Crippen LogP contribution in [0.3, 0.4) is 0 Å². The summed E-state index contributed by atoms with van der Waals surface area (Å²) < 4.78 is 7.33. The van der Waals surface area contributed by atoms with Crippen molar-refractivity contribution >= 4 is 28.4 Å². The first-order chi connectivity index (χ1) is 14.5.